The van der Waals surface area contributed by atoms with Gasteiger partial charge in [0.25, 0.3) is 0 Å². The Morgan fingerprint density at radius 1 is 1.26 bits per heavy atom. The standard InChI is InChI=1S/C17H23NO4S/c1-18-23(20,14-7-5-4-6-8-14)12-16(19)11-13-9-10-15(16)17(13,21-2)22-3/h4-10,13,15,19H,11-12H2,1-3H3/t13-,15-,16-,23+/m1/s1. The molecule has 4 atom stereocenters. The van der Waals surface area contributed by atoms with Gasteiger partial charge in [0.1, 0.15) is 0 Å². The molecule has 2 aliphatic rings. The molecule has 0 unspecified atom stereocenters. The number of methoxy groups -OCH3 is 2. The van der Waals surface area contributed by atoms with Crippen LogP contribution in [0.5, 0.6) is 0 Å². The van der Waals surface area contributed by atoms with Crippen molar-refractivity contribution in [2.45, 2.75) is 22.7 Å². The fourth-order valence-corrected chi connectivity index (χ4v) is 6.09. The highest BCUT2D eigenvalue weighted by Gasteiger charge is 2.65. The average Bonchev–Trinajstić information content (AvgIpc) is 3.04. The first-order valence-corrected chi connectivity index (χ1v) is 9.31. The molecule has 2 aliphatic carbocycles. The molecule has 1 saturated carbocycles. The van der Waals surface area contributed by atoms with Crippen molar-refractivity contribution in [1.82, 2.24) is 0 Å². The molecule has 3 rings (SSSR count). The predicted octanol–water partition coefficient (Wildman–Crippen LogP) is 2.07. The highest BCUT2D eigenvalue weighted by Crippen LogP contribution is 2.55. The summed E-state index contributed by atoms with van der Waals surface area (Å²) in [5.41, 5.74) is -1.17. The Hall–Kier alpha value is -1.21. The largest absolute Gasteiger partial charge is 0.388 e. The molecule has 0 amide bonds. The first-order valence-electron chi connectivity index (χ1n) is 7.63. The van der Waals surface area contributed by atoms with E-state index < -0.39 is 21.1 Å². The maximum atomic E-state index is 13.3. The van der Waals surface area contributed by atoms with Crippen LogP contribution in [0.2, 0.25) is 0 Å². The van der Waals surface area contributed by atoms with E-state index in [9.17, 15) is 9.32 Å². The Bertz CT molecular complexity index is 719. The van der Waals surface area contributed by atoms with Gasteiger partial charge in [0, 0.05) is 32.1 Å². The monoisotopic (exact) mass is 337 g/mol. The second-order valence-corrected chi connectivity index (χ2v) is 8.59. The van der Waals surface area contributed by atoms with Gasteiger partial charge in [-0.2, -0.15) is 0 Å². The molecule has 1 N–H and O–H groups in total. The van der Waals surface area contributed by atoms with Crippen molar-refractivity contribution < 1.29 is 18.8 Å². The van der Waals surface area contributed by atoms with Gasteiger partial charge >= 0.3 is 0 Å². The van der Waals surface area contributed by atoms with Crippen LogP contribution in [-0.4, -0.2) is 47.7 Å². The number of ether oxygens (including phenoxy) is 2. The third-order valence-corrected chi connectivity index (χ3v) is 7.62. The molecular weight excluding hydrogens is 314 g/mol. The van der Waals surface area contributed by atoms with Crippen LogP contribution in [0.4, 0.5) is 0 Å². The minimum absolute atomic E-state index is 0.0521. The molecule has 1 aromatic rings. The van der Waals surface area contributed by atoms with Crippen LogP contribution in [0.25, 0.3) is 0 Å². The third-order valence-electron chi connectivity index (χ3n) is 5.13. The minimum atomic E-state index is -2.71. The maximum absolute atomic E-state index is 13.3. The zero-order valence-corrected chi connectivity index (χ0v) is 14.5. The van der Waals surface area contributed by atoms with Crippen molar-refractivity contribution in [2.24, 2.45) is 16.2 Å². The summed E-state index contributed by atoms with van der Waals surface area (Å²) in [6.07, 6.45) is 4.39. The zero-order valence-electron chi connectivity index (χ0n) is 13.6. The third kappa shape index (κ3) is 2.36. The summed E-state index contributed by atoms with van der Waals surface area (Å²) in [4.78, 5) is 0.642. The van der Waals surface area contributed by atoms with Crippen LogP contribution in [0.3, 0.4) is 0 Å². The molecule has 126 valence electrons. The van der Waals surface area contributed by atoms with Crippen LogP contribution in [-0.2, 0) is 19.2 Å². The van der Waals surface area contributed by atoms with Crippen molar-refractivity contribution >= 4 is 9.73 Å². The van der Waals surface area contributed by atoms with E-state index in [-0.39, 0.29) is 17.6 Å². The van der Waals surface area contributed by atoms with Gasteiger partial charge in [0.05, 0.1) is 27.0 Å². The van der Waals surface area contributed by atoms with E-state index in [2.05, 4.69) is 4.36 Å². The average molecular weight is 337 g/mol. The van der Waals surface area contributed by atoms with Crippen molar-refractivity contribution in [1.29, 1.82) is 0 Å². The molecule has 0 saturated heterocycles. The molecule has 23 heavy (non-hydrogen) atoms. The van der Waals surface area contributed by atoms with Crippen molar-refractivity contribution in [3.8, 4) is 0 Å². The fourth-order valence-electron chi connectivity index (χ4n) is 4.03. The van der Waals surface area contributed by atoms with Crippen molar-refractivity contribution in [2.75, 3.05) is 27.0 Å². The van der Waals surface area contributed by atoms with Gasteiger partial charge in [-0.3, -0.25) is 0 Å². The topological polar surface area (TPSA) is 68.1 Å². The molecule has 2 bridgehead atoms. The summed E-state index contributed by atoms with van der Waals surface area (Å²) in [5.74, 6) is -1.22. The molecule has 0 aliphatic heterocycles. The first-order chi connectivity index (χ1) is 10.9. The Morgan fingerprint density at radius 3 is 2.43 bits per heavy atom. The normalized spacial score (nSPS) is 33.6. The number of hydrogen-bond donors (Lipinski definition) is 1. The molecule has 0 aromatic heterocycles. The van der Waals surface area contributed by atoms with Crippen LogP contribution >= 0.6 is 0 Å². The molecule has 0 radical (unpaired) electrons. The van der Waals surface area contributed by atoms with E-state index in [0.29, 0.717) is 11.3 Å². The highest BCUT2D eigenvalue weighted by molar-refractivity contribution is 7.93. The Labute approximate surface area is 137 Å². The van der Waals surface area contributed by atoms with Gasteiger partial charge in [-0.1, -0.05) is 30.4 Å². The van der Waals surface area contributed by atoms with Crippen LogP contribution in [0.1, 0.15) is 6.42 Å². The summed E-state index contributed by atoms with van der Waals surface area (Å²) in [5, 5.41) is 11.3. The van der Waals surface area contributed by atoms with E-state index in [1.807, 2.05) is 30.4 Å². The quantitative estimate of drug-likeness (QED) is 0.660. The molecular formula is C17H23NO4S. The van der Waals surface area contributed by atoms with Gasteiger partial charge in [-0.15, -0.1) is 0 Å². The van der Waals surface area contributed by atoms with Gasteiger partial charge < -0.3 is 14.6 Å². The van der Waals surface area contributed by atoms with Crippen molar-refractivity contribution in [3.63, 3.8) is 0 Å². The van der Waals surface area contributed by atoms with E-state index >= 15 is 0 Å². The van der Waals surface area contributed by atoms with Gasteiger partial charge in [0.2, 0.25) is 0 Å². The highest BCUT2D eigenvalue weighted by atomic mass is 32.2. The minimum Gasteiger partial charge on any atom is -0.388 e. The lowest BCUT2D eigenvalue weighted by molar-refractivity contribution is -0.239. The van der Waals surface area contributed by atoms with Gasteiger partial charge in [0.15, 0.2) is 5.79 Å². The maximum Gasteiger partial charge on any atom is 0.182 e. The number of hydrogen-bond acceptors (Lipinski definition) is 5. The second-order valence-electron chi connectivity index (χ2n) is 6.19. The smallest absolute Gasteiger partial charge is 0.182 e. The Kier molecular flexibility index (Phi) is 4.13. The first kappa shape index (κ1) is 16.6. The number of benzene rings is 1. The number of nitrogens with zero attached hydrogens (tertiary/aromatic N) is 1. The lowest BCUT2D eigenvalue weighted by atomic mass is 9.89. The Balaban J connectivity index is 1.97. The second kappa shape index (κ2) is 5.70. The van der Waals surface area contributed by atoms with Crippen LogP contribution in [0, 0.1) is 11.8 Å². The fraction of sp³-hybridized carbons (Fsp3) is 0.529. The zero-order chi connectivity index (χ0) is 16.7. The van der Waals surface area contributed by atoms with E-state index in [4.69, 9.17) is 9.47 Å². The van der Waals surface area contributed by atoms with Gasteiger partial charge in [-0.05, 0) is 18.6 Å². The molecule has 1 fully saturated rings. The van der Waals surface area contributed by atoms with E-state index in [0.717, 1.165) is 0 Å². The molecule has 1 aromatic carbocycles. The molecule has 0 spiro atoms. The molecule has 5 nitrogen and oxygen atoms in total. The summed E-state index contributed by atoms with van der Waals surface area (Å²) >= 11 is 0. The summed E-state index contributed by atoms with van der Waals surface area (Å²) in [7, 11) is 2.01. The Morgan fingerprint density at radius 2 is 1.91 bits per heavy atom. The van der Waals surface area contributed by atoms with E-state index in [1.165, 1.54) is 0 Å². The lowest BCUT2D eigenvalue weighted by Crippen LogP contribution is -2.48. The molecule has 0 heterocycles. The number of rotatable bonds is 5. The van der Waals surface area contributed by atoms with Crippen molar-refractivity contribution in [3.05, 3.63) is 42.5 Å². The predicted molar refractivity (Wildman–Crippen MR) is 88.5 cm³/mol. The summed E-state index contributed by atoms with van der Waals surface area (Å²) < 4.78 is 28.7. The number of fused-ring (bicyclic) bond motifs is 2. The lowest BCUT2D eigenvalue weighted by Gasteiger charge is -2.36. The summed E-state index contributed by atoms with van der Waals surface area (Å²) in [6, 6.07) is 9.12. The molecule has 6 heteroatoms. The van der Waals surface area contributed by atoms with Gasteiger partial charge in [-0.25, -0.2) is 8.57 Å². The van der Waals surface area contributed by atoms with Crippen LogP contribution < -0.4 is 0 Å². The van der Waals surface area contributed by atoms with Crippen LogP contribution in [0.15, 0.2) is 51.7 Å². The SMILES string of the molecule is CN=[S@](=O)(C[C@]1(O)C[C@H]2C=C[C@H]1C2(OC)OC)c1ccccc1. The van der Waals surface area contributed by atoms with E-state index in [1.54, 1.807) is 33.4 Å². The number of aliphatic hydroxyl groups is 1. The summed E-state index contributed by atoms with van der Waals surface area (Å²) in [6.45, 7) is 0.